The quantitative estimate of drug-likeness (QED) is 0.244. The number of rotatable bonds is 3. The molecule has 7 nitrogen and oxygen atoms in total. The van der Waals surface area contributed by atoms with Crippen molar-refractivity contribution in [1.29, 1.82) is 0 Å². The zero-order valence-electron chi connectivity index (χ0n) is 9.52. The lowest BCUT2D eigenvalue weighted by Gasteiger charge is -2.31. The average Bonchev–Trinajstić information content (AvgIpc) is 2.90. The van der Waals surface area contributed by atoms with E-state index in [1.807, 2.05) is 22.6 Å². The molecule has 2 bridgehead atoms. The molecular weight excluding hydrogens is 391 g/mol. The Morgan fingerprint density at radius 3 is 2.63 bits per heavy atom. The van der Waals surface area contributed by atoms with E-state index in [4.69, 9.17) is 8.92 Å². The van der Waals surface area contributed by atoms with Crippen LogP contribution in [0, 0.1) is 17.8 Å². The van der Waals surface area contributed by atoms with E-state index in [2.05, 4.69) is 0 Å². The highest BCUT2D eigenvalue weighted by atomic mass is 127. The molecule has 1 heterocycles. The van der Waals surface area contributed by atoms with E-state index in [1.54, 1.807) is 0 Å². The van der Waals surface area contributed by atoms with E-state index in [-0.39, 0.29) is 4.43 Å². The summed E-state index contributed by atoms with van der Waals surface area (Å²) in [5.74, 6) is -4.01. The Morgan fingerprint density at radius 2 is 2.05 bits per heavy atom. The Hall–Kier alpha value is -0.420. The van der Waals surface area contributed by atoms with Gasteiger partial charge in [-0.15, -0.1) is 0 Å². The number of fused-ring (bicyclic) bond motifs is 1. The number of carboxylic acids is 1. The van der Waals surface area contributed by atoms with Crippen molar-refractivity contribution < 1.29 is 32.0 Å². The molecule has 1 saturated heterocycles. The Morgan fingerprint density at radius 1 is 1.37 bits per heavy atom. The van der Waals surface area contributed by atoms with E-state index >= 15 is 0 Å². The number of alkyl halides is 1. The van der Waals surface area contributed by atoms with Crippen LogP contribution in [0.25, 0.3) is 0 Å². The van der Waals surface area contributed by atoms with Gasteiger partial charge in [-0.1, -0.05) is 22.6 Å². The van der Waals surface area contributed by atoms with Gasteiger partial charge < -0.3 is 14.6 Å². The van der Waals surface area contributed by atoms with Crippen molar-refractivity contribution in [2.45, 2.75) is 23.9 Å². The smallest absolute Gasteiger partial charge is 0.316 e. The van der Waals surface area contributed by atoms with Crippen LogP contribution in [0.4, 0.5) is 0 Å². The molecule has 3 fully saturated rings. The predicted octanol–water partition coefficient (Wildman–Crippen LogP) is -1.55. The highest BCUT2D eigenvalue weighted by Gasteiger charge is 2.70. The van der Waals surface area contributed by atoms with Gasteiger partial charge in [0.05, 0.1) is 4.43 Å². The van der Waals surface area contributed by atoms with Gasteiger partial charge in [-0.2, -0.15) is 8.42 Å². The molecule has 0 aromatic rings. The zero-order chi connectivity index (χ0) is 13.9. The van der Waals surface area contributed by atoms with Crippen molar-refractivity contribution >= 4 is 44.6 Å². The maximum absolute atomic E-state index is 11.8. The second-order valence-electron chi connectivity index (χ2n) is 5.01. The molecule has 0 amide bonds. The third kappa shape index (κ3) is 1.81. The molecule has 2 saturated carbocycles. The monoisotopic (exact) mass is 401 g/mol. The lowest BCUT2D eigenvalue weighted by atomic mass is 9.84. The number of hydrogen-bond acceptors (Lipinski definition) is 7. The van der Waals surface area contributed by atoms with Gasteiger partial charge in [-0.05, 0) is 6.42 Å². The molecule has 0 aromatic heterocycles. The number of esters is 1. The summed E-state index contributed by atoms with van der Waals surface area (Å²) in [7, 11) is -3.91. The van der Waals surface area contributed by atoms with Crippen LogP contribution in [0.1, 0.15) is 6.42 Å². The lowest BCUT2D eigenvalue weighted by Crippen LogP contribution is -2.49. The van der Waals surface area contributed by atoms with Crippen LogP contribution in [0.2, 0.25) is 0 Å². The largest absolute Gasteiger partial charge is 0.550 e. The lowest BCUT2D eigenvalue weighted by molar-refractivity contribution is -0.314. The molecule has 3 aliphatic rings. The van der Waals surface area contributed by atoms with Gasteiger partial charge in [0, 0.05) is 23.7 Å². The molecular formula is C10H10IO7S-. The molecule has 3 rings (SSSR count). The molecule has 0 radical (unpaired) electrons. The topological polar surface area (TPSA) is 110 Å². The fourth-order valence-electron chi connectivity index (χ4n) is 3.64. The summed E-state index contributed by atoms with van der Waals surface area (Å²) in [4.78, 5) is 22.6. The average molecular weight is 401 g/mol. The fourth-order valence-corrected chi connectivity index (χ4v) is 5.87. The summed E-state index contributed by atoms with van der Waals surface area (Å²) in [6, 6.07) is 0. The van der Waals surface area contributed by atoms with Crippen molar-refractivity contribution in [2.75, 3.05) is 4.43 Å². The second kappa shape index (κ2) is 4.29. The highest BCUT2D eigenvalue weighted by molar-refractivity contribution is 14.1. The van der Waals surface area contributed by atoms with Crippen LogP contribution < -0.4 is 5.11 Å². The first-order valence-electron chi connectivity index (χ1n) is 5.75. The molecule has 9 heteroatoms. The third-order valence-electron chi connectivity index (χ3n) is 4.18. The van der Waals surface area contributed by atoms with Crippen molar-refractivity contribution in [3.05, 3.63) is 0 Å². The number of carbonyl (C=O) groups is 2. The summed E-state index contributed by atoms with van der Waals surface area (Å²) >= 11 is 1.82. The summed E-state index contributed by atoms with van der Waals surface area (Å²) < 4.78 is 33.9. The van der Waals surface area contributed by atoms with Crippen molar-refractivity contribution in [3.63, 3.8) is 0 Å². The van der Waals surface area contributed by atoms with Crippen LogP contribution in [0.3, 0.4) is 0 Å². The molecule has 106 valence electrons. The second-order valence-corrected chi connectivity index (χ2v) is 7.50. The first-order chi connectivity index (χ1) is 8.86. The maximum atomic E-state index is 11.8. The SMILES string of the molecule is O=C(CI)OC1C2CC3C1OS(=O)(=O)C3C2C(=O)[O-]. The minimum absolute atomic E-state index is 0.116. The van der Waals surface area contributed by atoms with Gasteiger partial charge in [-0.3, -0.25) is 8.98 Å². The van der Waals surface area contributed by atoms with Gasteiger partial charge in [0.25, 0.3) is 10.1 Å². The van der Waals surface area contributed by atoms with E-state index < -0.39 is 57.3 Å². The van der Waals surface area contributed by atoms with E-state index in [0.717, 1.165) is 0 Å². The number of ether oxygens (including phenoxy) is 1. The minimum Gasteiger partial charge on any atom is -0.550 e. The van der Waals surface area contributed by atoms with Crippen LogP contribution in [0.15, 0.2) is 0 Å². The molecule has 0 aromatic carbocycles. The third-order valence-corrected chi connectivity index (χ3v) is 6.60. The fraction of sp³-hybridized carbons (Fsp3) is 0.800. The summed E-state index contributed by atoms with van der Waals surface area (Å²) in [5, 5.41) is 10.1. The Kier molecular flexibility index (Phi) is 3.06. The first-order valence-corrected chi connectivity index (χ1v) is 8.75. The normalized spacial score (nSPS) is 45.3. The number of aliphatic carboxylic acids is 1. The van der Waals surface area contributed by atoms with Gasteiger partial charge >= 0.3 is 5.97 Å². The van der Waals surface area contributed by atoms with Crippen LogP contribution in [-0.4, -0.2) is 42.2 Å². The van der Waals surface area contributed by atoms with Gasteiger partial charge in [0.15, 0.2) is 0 Å². The highest BCUT2D eigenvalue weighted by Crippen LogP contribution is 2.58. The van der Waals surface area contributed by atoms with Crippen molar-refractivity contribution in [3.8, 4) is 0 Å². The summed E-state index contributed by atoms with van der Waals surface area (Å²) in [5.41, 5.74) is 0. The molecule has 6 unspecified atom stereocenters. The molecule has 0 N–H and O–H groups in total. The van der Waals surface area contributed by atoms with E-state index in [9.17, 15) is 23.1 Å². The van der Waals surface area contributed by atoms with Crippen LogP contribution in [-0.2, 0) is 28.6 Å². The minimum atomic E-state index is -3.91. The molecule has 19 heavy (non-hydrogen) atoms. The molecule has 6 atom stereocenters. The number of carbonyl (C=O) groups excluding carboxylic acids is 2. The van der Waals surface area contributed by atoms with Crippen molar-refractivity contribution in [2.24, 2.45) is 17.8 Å². The van der Waals surface area contributed by atoms with Gasteiger partial charge in [0.2, 0.25) is 0 Å². The number of carboxylic acid groups (broad SMARTS) is 1. The van der Waals surface area contributed by atoms with Crippen molar-refractivity contribution in [1.82, 2.24) is 0 Å². The first kappa shape index (κ1) is 13.6. The van der Waals surface area contributed by atoms with Gasteiger partial charge in [0.1, 0.15) is 17.5 Å². The van der Waals surface area contributed by atoms with Crippen LogP contribution >= 0.6 is 22.6 Å². The predicted molar refractivity (Wildman–Crippen MR) is 66.4 cm³/mol. The summed E-state index contributed by atoms with van der Waals surface area (Å²) in [6.45, 7) is 0. The zero-order valence-corrected chi connectivity index (χ0v) is 12.5. The Labute approximate surface area is 122 Å². The maximum Gasteiger partial charge on any atom is 0.316 e. The van der Waals surface area contributed by atoms with E-state index in [1.165, 1.54) is 0 Å². The van der Waals surface area contributed by atoms with Crippen LogP contribution in [0.5, 0.6) is 0 Å². The summed E-state index contributed by atoms with van der Waals surface area (Å²) in [6.07, 6.45) is -1.15. The Bertz CT molecular complexity index is 544. The molecule has 2 aliphatic carbocycles. The van der Waals surface area contributed by atoms with E-state index in [0.29, 0.717) is 6.42 Å². The molecule has 1 aliphatic heterocycles. The Balaban J connectivity index is 1.96. The van der Waals surface area contributed by atoms with Gasteiger partial charge in [-0.25, -0.2) is 0 Å². The standard InChI is InChI=1S/C10H11IO7S/c11-2-5(12)17-7-3-1-4-8(7)18-19(15,16)9(4)6(3)10(13)14/h3-4,6-9H,1-2H2,(H,13,14)/p-1. The molecule has 0 spiro atoms. The number of hydrogen-bond donors (Lipinski definition) is 0. The number of halogens is 1.